The molecule has 1 fully saturated rings. The average molecular weight is 294 g/mol. The van der Waals surface area contributed by atoms with Crippen molar-refractivity contribution in [3.8, 4) is 11.3 Å². The van der Waals surface area contributed by atoms with Crippen LogP contribution in [0.25, 0.3) is 11.3 Å². The van der Waals surface area contributed by atoms with Crippen molar-refractivity contribution in [2.24, 2.45) is 5.92 Å². The molecule has 0 N–H and O–H groups in total. The van der Waals surface area contributed by atoms with Crippen LogP contribution in [0.5, 0.6) is 0 Å². The Balaban J connectivity index is 1.77. The summed E-state index contributed by atoms with van der Waals surface area (Å²) in [7, 11) is 0. The monoisotopic (exact) mass is 294 g/mol. The summed E-state index contributed by atoms with van der Waals surface area (Å²) in [4.78, 5) is 2.59. The van der Waals surface area contributed by atoms with Gasteiger partial charge in [-0.05, 0) is 61.9 Å². The van der Waals surface area contributed by atoms with Gasteiger partial charge in [-0.3, -0.25) is 4.90 Å². The molecule has 2 heterocycles. The highest BCUT2D eigenvalue weighted by Gasteiger charge is 2.26. The van der Waals surface area contributed by atoms with Crippen molar-refractivity contribution in [1.29, 1.82) is 0 Å². The fourth-order valence-corrected chi connectivity index (χ4v) is 3.75. The molecule has 2 nitrogen and oxygen atoms in total. The summed E-state index contributed by atoms with van der Waals surface area (Å²) >= 11 is 0. The maximum absolute atomic E-state index is 2.65. The van der Waals surface area contributed by atoms with Crippen LogP contribution >= 0.6 is 0 Å². The highest BCUT2D eigenvalue weighted by atomic mass is 15.1. The molecule has 1 saturated carbocycles. The maximum Gasteiger partial charge on any atom is 0.0485 e. The van der Waals surface area contributed by atoms with E-state index in [1.54, 1.807) is 11.3 Å². The first-order valence-corrected chi connectivity index (χ1v) is 8.84. The topological polar surface area (TPSA) is 8.17 Å². The van der Waals surface area contributed by atoms with Gasteiger partial charge in [0.15, 0.2) is 0 Å². The average Bonchev–Trinajstić information content (AvgIpc) is 3.34. The molecule has 2 aromatic rings. The predicted octanol–water partition coefficient (Wildman–Crippen LogP) is 4.33. The van der Waals surface area contributed by atoms with E-state index in [2.05, 4.69) is 52.8 Å². The van der Waals surface area contributed by atoms with Crippen molar-refractivity contribution in [2.45, 2.75) is 45.7 Å². The summed E-state index contributed by atoms with van der Waals surface area (Å²) < 4.78 is 2.65. The lowest BCUT2D eigenvalue weighted by Gasteiger charge is -2.16. The van der Waals surface area contributed by atoms with Gasteiger partial charge in [0, 0.05) is 24.5 Å². The van der Waals surface area contributed by atoms with Crippen molar-refractivity contribution >= 4 is 0 Å². The van der Waals surface area contributed by atoms with Crippen LogP contribution in [-0.4, -0.2) is 22.6 Å². The predicted molar refractivity (Wildman–Crippen MR) is 91.9 cm³/mol. The van der Waals surface area contributed by atoms with Crippen LogP contribution in [0.1, 0.15) is 37.4 Å². The molecular formula is C20H26N2. The van der Waals surface area contributed by atoms with Gasteiger partial charge in [0.1, 0.15) is 0 Å². The van der Waals surface area contributed by atoms with E-state index in [0.29, 0.717) is 0 Å². The third-order valence-corrected chi connectivity index (χ3v) is 5.23. The zero-order chi connectivity index (χ0) is 14.9. The third-order valence-electron chi connectivity index (χ3n) is 5.23. The van der Waals surface area contributed by atoms with Gasteiger partial charge in [-0.15, -0.1) is 0 Å². The Morgan fingerprint density at radius 3 is 2.68 bits per heavy atom. The molecule has 2 aliphatic rings. The van der Waals surface area contributed by atoms with Crippen LogP contribution < -0.4 is 0 Å². The summed E-state index contributed by atoms with van der Waals surface area (Å²) in [5.41, 5.74) is 6.00. The smallest absolute Gasteiger partial charge is 0.0485 e. The molecule has 0 atom stereocenters. The summed E-state index contributed by atoms with van der Waals surface area (Å²) in [6.07, 6.45) is 5.37. The van der Waals surface area contributed by atoms with Gasteiger partial charge >= 0.3 is 0 Å². The van der Waals surface area contributed by atoms with E-state index in [-0.39, 0.29) is 0 Å². The number of benzene rings is 1. The summed E-state index contributed by atoms with van der Waals surface area (Å²) in [6.45, 7) is 7.04. The maximum atomic E-state index is 2.65. The van der Waals surface area contributed by atoms with Gasteiger partial charge in [-0.1, -0.05) is 37.3 Å². The molecule has 1 aromatic heterocycles. The van der Waals surface area contributed by atoms with Gasteiger partial charge in [0.25, 0.3) is 0 Å². The van der Waals surface area contributed by atoms with Gasteiger partial charge in [0.2, 0.25) is 0 Å². The van der Waals surface area contributed by atoms with E-state index in [9.17, 15) is 0 Å². The molecule has 0 radical (unpaired) electrons. The fourth-order valence-electron chi connectivity index (χ4n) is 3.75. The SMILES string of the molecule is CCN1CCCc2c(cc(-c3ccccc3)n2CC2CC2)C1. The highest BCUT2D eigenvalue weighted by molar-refractivity contribution is 5.62. The molecular weight excluding hydrogens is 268 g/mol. The number of nitrogens with zero attached hydrogens (tertiary/aromatic N) is 2. The fraction of sp³-hybridized carbons (Fsp3) is 0.500. The molecule has 0 unspecified atom stereocenters. The molecule has 0 saturated heterocycles. The Hall–Kier alpha value is -1.54. The van der Waals surface area contributed by atoms with Crippen molar-refractivity contribution in [3.63, 3.8) is 0 Å². The number of rotatable bonds is 4. The van der Waals surface area contributed by atoms with E-state index < -0.39 is 0 Å². The third kappa shape index (κ3) is 2.72. The zero-order valence-electron chi connectivity index (χ0n) is 13.6. The van der Waals surface area contributed by atoms with E-state index in [4.69, 9.17) is 0 Å². The molecule has 116 valence electrons. The molecule has 1 aliphatic carbocycles. The molecule has 1 aromatic carbocycles. The first kappa shape index (κ1) is 14.1. The molecule has 0 amide bonds. The van der Waals surface area contributed by atoms with Crippen LogP contribution in [0, 0.1) is 5.92 Å². The summed E-state index contributed by atoms with van der Waals surface area (Å²) in [5.74, 6) is 0.921. The summed E-state index contributed by atoms with van der Waals surface area (Å²) in [6, 6.07) is 13.4. The Morgan fingerprint density at radius 2 is 1.95 bits per heavy atom. The second kappa shape index (κ2) is 5.92. The molecule has 0 spiro atoms. The minimum atomic E-state index is 0.921. The minimum Gasteiger partial charge on any atom is -0.344 e. The van der Waals surface area contributed by atoms with Gasteiger partial charge in [-0.2, -0.15) is 0 Å². The number of fused-ring (bicyclic) bond motifs is 1. The lowest BCUT2D eigenvalue weighted by molar-refractivity contribution is 0.284. The van der Waals surface area contributed by atoms with Gasteiger partial charge < -0.3 is 4.57 Å². The van der Waals surface area contributed by atoms with Crippen molar-refractivity contribution in [3.05, 3.63) is 47.7 Å². The van der Waals surface area contributed by atoms with Crippen molar-refractivity contribution in [2.75, 3.05) is 13.1 Å². The number of aromatic nitrogens is 1. The molecule has 4 rings (SSSR count). The molecule has 0 bridgehead atoms. The standard InChI is InChI=1S/C20H26N2/c1-2-21-12-6-9-19-18(15-21)13-20(17-7-4-3-5-8-17)22(19)14-16-10-11-16/h3-5,7-8,13,16H,2,6,9-12,14-15H2,1H3. The highest BCUT2D eigenvalue weighted by Crippen LogP contribution is 2.36. The summed E-state index contributed by atoms with van der Waals surface area (Å²) in [5, 5.41) is 0. The Labute approximate surface area is 133 Å². The Bertz CT molecular complexity index is 637. The lowest BCUT2D eigenvalue weighted by atomic mass is 10.1. The number of hydrogen-bond acceptors (Lipinski definition) is 1. The Morgan fingerprint density at radius 1 is 1.14 bits per heavy atom. The molecule has 1 aliphatic heterocycles. The van der Waals surface area contributed by atoms with Crippen LogP contribution in [0.3, 0.4) is 0 Å². The molecule has 2 heteroatoms. The van der Waals surface area contributed by atoms with Crippen LogP contribution in [0.2, 0.25) is 0 Å². The van der Waals surface area contributed by atoms with E-state index >= 15 is 0 Å². The first-order valence-electron chi connectivity index (χ1n) is 8.84. The van der Waals surface area contributed by atoms with Crippen LogP contribution in [-0.2, 0) is 19.5 Å². The second-order valence-corrected chi connectivity index (χ2v) is 6.89. The second-order valence-electron chi connectivity index (χ2n) is 6.89. The zero-order valence-corrected chi connectivity index (χ0v) is 13.6. The number of hydrogen-bond donors (Lipinski definition) is 0. The van der Waals surface area contributed by atoms with Crippen molar-refractivity contribution in [1.82, 2.24) is 9.47 Å². The largest absolute Gasteiger partial charge is 0.344 e. The van der Waals surface area contributed by atoms with E-state index in [0.717, 1.165) is 19.0 Å². The van der Waals surface area contributed by atoms with Gasteiger partial charge in [0.05, 0.1) is 0 Å². The van der Waals surface area contributed by atoms with Crippen molar-refractivity contribution < 1.29 is 0 Å². The van der Waals surface area contributed by atoms with E-state index in [1.807, 2.05) is 0 Å². The van der Waals surface area contributed by atoms with E-state index in [1.165, 1.54) is 50.0 Å². The van der Waals surface area contributed by atoms with Gasteiger partial charge in [-0.25, -0.2) is 0 Å². The normalized spacial score (nSPS) is 19.0. The lowest BCUT2D eigenvalue weighted by Crippen LogP contribution is -2.22. The first-order chi connectivity index (χ1) is 10.8. The minimum absolute atomic E-state index is 0.921. The Kier molecular flexibility index (Phi) is 3.79. The quantitative estimate of drug-likeness (QED) is 0.814. The molecule has 22 heavy (non-hydrogen) atoms. The van der Waals surface area contributed by atoms with Crippen LogP contribution in [0.4, 0.5) is 0 Å². The van der Waals surface area contributed by atoms with Crippen LogP contribution in [0.15, 0.2) is 36.4 Å².